The molecule has 2 aromatic rings. The lowest BCUT2D eigenvalue weighted by atomic mass is 9.79. The molecule has 0 spiro atoms. The first-order valence-corrected chi connectivity index (χ1v) is 8.87. The van der Waals surface area contributed by atoms with Crippen molar-refractivity contribution in [3.05, 3.63) is 29.7 Å². The molecule has 3 rings (SSSR count). The van der Waals surface area contributed by atoms with Crippen LogP contribution in [0.2, 0.25) is 0 Å². The molecular formula is C19H24N2O4. The first-order valence-electron chi connectivity index (χ1n) is 8.87. The molecule has 0 radical (unpaired) electrons. The van der Waals surface area contributed by atoms with E-state index in [4.69, 9.17) is 4.74 Å². The Hall–Kier alpha value is -2.37. The van der Waals surface area contributed by atoms with Gasteiger partial charge >= 0.3 is 5.97 Å². The van der Waals surface area contributed by atoms with Crippen LogP contribution in [0.5, 0.6) is 5.75 Å². The first-order chi connectivity index (χ1) is 12.0. The minimum absolute atomic E-state index is 0.0229. The predicted octanol–water partition coefficient (Wildman–Crippen LogP) is 3.51. The molecule has 6 nitrogen and oxygen atoms in total. The number of nitrogens with zero attached hydrogens (tertiary/aromatic N) is 2. The van der Waals surface area contributed by atoms with Crippen molar-refractivity contribution < 1.29 is 19.4 Å². The Kier molecular flexibility index (Phi) is 5.06. The standard InChI is InChI=1S/C19H24N2O4/c1-3-25-16-8-5-9-21-17(12(2)20-18(16)21)15(22)11-13-6-4-7-14(10-13)19(23)24/h5,8-9,13-14H,3-4,6-7,10-11H2,1-2H3,(H,23,24). The number of hydrogen-bond acceptors (Lipinski definition) is 4. The molecule has 134 valence electrons. The Morgan fingerprint density at radius 1 is 1.40 bits per heavy atom. The number of hydrogen-bond donors (Lipinski definition) is 1. The van der Waals surface area contributed by atoms with Crippen molar-refractivity contribution >= 4 is 17.4 Å². The third-order valence-corrected chi connectivity index (χ3v) is 4.96. The van der Waals surface area contributed by atoms with Crippen LogP contribution in [0.3, 0.4) is 0 Å². The second-order valence-corrected chi connectivity index (χ2v) is 6.74. The lowest BCUT2D eigenvalue weighted by molar-refractivity contribution is -0.143. The average molecular weight is 344 g/mol. The van der Waals surface area contributed by atoms with Crippen LogP contribution in [0, 0.1) is 18.8 Å². The monoisotopic (exact) mass is 344 g/mol. The van der Waals surface area contributed by atoms with E-state index in [0.717, 1.165) is 12.8 Å². The number of Topliss-reactive ketones (excluding diaryl/α,β-unsaturated/α-hetero) is 1. The fourth-order valence-corrected chi connectivity index (χ4v) is 3.82. The van der Waals surface area contributed by atoms with E-state index in [9.17, 15) is 14.7 Å². The van der Waals surface area contributed by atoms with Crippen LogP contribution < -0.4 is 4.74 Å². The summed E-state index contributed by atoms with van der Waals surface area (Å²) in [7, 11) is 0. The Morgan fingerprint density at radius 3 is 2.92 bits per heavy atom. The maximum absolute atomic E-state index is 12.9. The van der Waals surface area contributed by atoms with Gasteiger partial charge in [-0.25, -0.2) is 4.98 Å². The van der Waals surface area contributed by atoms with Gasteiger partial charge in [0.15, 0.2) is 17.2 Å². The van der Waals surface area contributed by atoms with Gasteiger partial charge in [0.25, 0.3) is 0 Å². The topological polar surface area (TPSA) is 80.9 Å². The van der Waals surface area contributed by atoms with Crippen molar-refractivity contribution in [3.8, 4) is 5.75 Å². The molecule has 2 heterocycles. The van der Waals surface area contributed by atoms with Crippen molar-refractivity contribution in [1.29, 1.82) is 0 Å². The number of imidazole rings is 1. The second kappa shape index (κ2) is 7.25. The van der Waals surface area contributed by atoms with Gasteiger partial charge < -0.3 is 9.84 Å². The highest BCUT2D eigenvalue weighted by molar-refractivity contribution is 5.97. The molecule has 1 fully saturated rings. The Morgan fingerprint density at radius 2 is 2.20 bits per heavy atom. The van der Waals surface area contributed by atoms with Crippen LogP contribution in [0.25, 0.3) is 5.65 Å². The van der Waals surface area contributed by atoms with Crippen molar-refractivity contribution in [2.45, 2.75) is 46.0 Å². The highest BCUT2D eigenvalue weighted by atomic mass is 16.5. The number of rotatable bonds is 6. The summed E-state index contributed by atoms with van der Waals surface area (Å²) in [6.07, 6.45) is 5.28. The molecular weight excluding hydrogens is 320 g/mol. The van der Waals surface area contributed by atoms with Gasteiger partial charge in [-0.15, -0.1) is 0 Å². The van der Waals surface area contributed by atoms with Crippen LogP contribution in [0.15, 0.2) is 18.3 Å². The molecule has 1 saturated carbocycles. The summed E-state index contributed by atoms with van der Waals surface area (Å²) in [6, 6.07) is 3.69. The van der Waals surface area contributed by atoms with Crippen molar-refractivity contribution in [2.75, 3.05) is 6.61 Å². The van der Waals surface area contributed by atoms with E-state index in [-0.39, 0.29) is 17.6 Å². The molecule has 2 aromatic heterocycles. The lowest BCUT2D eigenvalue weighted by Crippen LogP contribution is -2.24. The zero-order chi connectivity index (χ0) is 18.0. The maximum Gasteiger partial charge on any atom is 0.306 e. The summed E-state index contributed by atoms with van der Waals surface area (Å²) in [6.45, 7) is 4.28. The molecule has 2 unspecified atom stereocenters. The molecule has 25 heavy (non-hydrogen) atoms. The number of aliphatic carboxylic acids is 1. The third kappa shape index (κ3) is 3.52. The summed E-state index contributed by atoms with van der Waals surface area (Å²) in [5.74, 6) is -0.253. The zero-order valence-electron chi connectivity index (χ0n) is 14.7. The van der Waals surface area contributed by atoms with E-state index in [1.54, 1.807) is 4.40 Å². The van der Waals surface area contributed by atoms with Gasteiger partial charge in [0, 0.05) is 12.6 Å². The molecule has 1 aliphatic carbocycles. The van der Waals surface area contributed by atoms with Crippen molar-refractivity contribution in [1.82, 2.24) is 9.38 Å². The molecule has 0 saturated heterocycles. The van der Waals surface area contributed by atoms with Crippen LogP contribution in [0.4, 0.5) is 0 Å². The van der Waals surface area contributed by atoms with E-state index >= 15 is 0 Å². The van der Waals surface area contributed by atoms with E-state index in [1.807, 2.05) is 32.2 Å². The summed E-state index contributed by atoms with van der Waals surface area (Å²) in [5, 5.41) is 9.23. The van der Waals surface area contributed by atoms with Gasteiger partial charge in [0.1, 0.15) is 5.69 Å². The first kappa shape index (κ1) is 17.5. The molecule has 1 aliphatic rings. The average Bonchev–Trinajstić information content (AvgIpc) is 2.92. The lowest BCUT2D eigenvalue weighted by Gasteiger charge is -2.26. The SMILES string of the molecule is CCOc1cccn2c(C(=O)CC3CCCC(C(=O)O)C3)c(C)nc12. The van der Waals surface area contributed by atoms with Gasteiger partial charge in [-0.05, 0) is 51.2 Å². The highest BCUT2D eigenvalue weighted by Crippen LogP contribution is 2.33. The van der Waals surface area contributed by atoms with E-state index < -0.39 is 5.97 Å². The number of carboxylic acids is 1. The van der Waals surface area contributed by atoms with E-state index in [1.165, 1.54) is 0 Å². The molecule has 1 N–H and O–H groups in total. The van der Waals surface area contributed by atoms with Crippen molar-refractivity contribution in [3.63, 3.8) is 0 Å². The predicted molar refractivity (Wildman–Crippen MR) is 93.1 cm³/mol. The largest absolute Gasteiger partial charge is 0.490 e. The minimum Gasteiger partial charge on any atom is -0.490 e. The molecule has 2 atom stereocenters. The van der Waals surface area contributed by atoms with E-state index in [2.05, 4.69) is 4.98 Å². The maximum atomic E-state index is 12.9. The summed E-state index contributed by atoms with van der Waals surface area (Å²) in [5.41, 5.74) is 1.91. The minimum atomic E-state index is -0.746. The van der Waals surface area contributed by atoms with Gasteiger partial charge in [-0.2, -0.15) is 0 Å². The number of carbonyl (C=O) groups excluding carboxylic acids is 1. The number of pyridine rings is 1. The van der Waals surface area contributed by atoms with Crippen molar-refractivity contribution in [2.24, 2.45) is 11.8 Å². The highest BCUT2D eigenvalue weighted by Gasteiger charge is 2.29. The van der Waals surface area contributed by atoms with Crippen LogP contribution >= 0.6 is 0 Å². The summed E-state index contributed by atoms with van der Waals surface area (Å²) >= 11 is 0. The fourth-order valence-electron chi connectivity index (χ4n) is 3.82. The number of ether oxygens (including phenoxy) is 1. The van der Waals surface area contributed by atoms with Gasteiger partial charge in [-0.3, -0.25) is 14.0 Å². The van der Waals surface area contributed by atoms with Gasteiger partial charge in [-0.1, -0.05) is 6.42 Å². The molecule has 0 aromatic carbocycles. The van der Waals surface area contributed by atoms with Gasteiger partial charge in [0.2, 0.25) is 0 Å². The third-order valence-electron chi connectivity index (χ3n) is 4.96. The Bertz CT molecular complexity index is 796. The normalized spacial score (nSPS) is 20.6. The number of ketones is 1. The number of aryl methyl sites for hydroxylation is 1. The zero-order valence-corrected chi connectivity index (χ0v) is 14.7. The Balaban J connectivity index is 1.84. The smallest absolute Gasteiger partial charge is 0.306 e. The number of carboxylic acid groups (broad SMARTS) is 1. The molecule has 0 bridgehead atoms. The van der Waals surface area contributed by atoms with E-state index in [0.29, 0.717) is 48.7 Å². The molecule has 0 aliphatic heterocycles. The van der Waals surface area contributed by atoms with Gasteiger partial charge in [0.05, 0.1) is 18.2 Å². The van der Waals surface area contributed by atoms with Crippen LogP contribution in [-0.4, -0.2) is 32.9 Å². The number of fused-ring (bicyclic) bond motifs is 1. The molecule has 6 heteroatoms. The summed E-state index contributed by atoms with van der Waals surface area (Å²) < 4.78 is 7.39. The quantitative estimate of drug-likeness (QED) is 0.811. The van der Waals surface area contributed by atoms with Crippen LogP contribution in [0.1, 0.15) is 55.2 Å². The Labute approximate surface area is 146 Å². The fraction of sp³-hybridized carbons (Fsp3) is 0.526. The number of carbonyl (C=O) groups is 2. The van der Waals surface area contributed by atoms with Crippen LogP contribution in [-0.2, 0) is 4.79 Å². The molecule has 0 amide bonds. The number of aromatic nitrogens is 2. The second-order valence-electron chi connectivity index (χ2n) is 6.74. The summed E-state index contributed by atoms with van der Waals surface area (Å²) in [4.78, 5) is 28.6.